The molecule has 0 heterocycles. The van der Waals surface area contributed by atoms with Gasteiger partial charge >= 0.3 is 6.09 Å². The van der Waals surface area contributed by atoms with Gasteiger partial charge in [-0.25, -0.2) is 13.6 Å². The SMILES string of the molecule is CCOC(=O)Nc1ccc(C(=O)Nc2ccc(F)cc2F)cc1. The highest BCUT2D eigenvalue weighted by Crippen LogP contribution is 2.17. The molecule has 2 amide bonds. The van der Waals surface area contributed by atoms with Crippen LogP contribution in [0.15, 0.2) is 42.5 Å². The van der Waals surface area contributed by atoms with E-state index in [4.69, 9.17) is 4.74 Å². The summed E-state index contributed by atoms with van der Waals surface area (Å²) in [5.41, 5.74) is 0.584. The van der Waals surface area contributed by atoms with E-state index < -0.39 is 23.6 Å². The fourth-order valence-electron chi connectivity index (χ4n) is 1.78. The van der Waals surface area contributed by atoms with Crippen molar-refractivity contribution < 1.29 is 23.1 Å². The van der Waals surface area contributed by atoms with Gasteiger partial charge in [0.05, 0.1) is 12.3 Å². The molecule has 0 unspecified atom stereocenters. The number of hydrogen-bond acceptors (Lipinski definition) is 3. The second-order valence-corrected chi connectivity index (χ2v) is 4.50. The normalized spacial score (nSPS) is 10.0. The van der Waals surface area contributed by atoms with Gasteiger partial charge in [0, 0.05) is 17.3 Å². The zero-order chi connectivity index (χ0) is 16.8. The quantitative estimate of drug-likeness (QED) is 0.901. The molecule has 120 valence electrons. The minimum atomic E-state index is -0.862. The molecule has 2 aromatic carbocycles. The standard InChI is InChI=1S/C16H14F2N2O3/c1-2-23-16(22)19-12-6-3-10(4-7-12)15(21)20-14-8-5-11(17)9-13(14)18/h3-9H,2H2,1H3,(H,19,22)(H,20,21). The first-order chi connectivity index (χ1) is 11.0. The number of hydrogen-bond donors (Lipinski definition) is 2. The Labute approximate surface area is 131 Å². The van der Waals surface area contributed by atoms with E-state index in [9.17, 15) is 18.4 Å². The Kier molecular flexibility index (Phi) is 5.24. The van der Waals surface area contributed by atoms with E-state index in [1.165, 1.54) is 24.3 Å². The molecular formula is C16H14F2N2O3. The third-order valence-corrected chi connectivity index (χ3v) is 2.85. The highest BCUT2D eigenvalue weighted by molar-refractivity contribution is 6.04. The molecule has 23 heavy (non-hydrogen) atoms. The van der Waals surface area contributed by atoms with Crippen LogP contribution in [0.2, 0.25) is 0 Å². The van der Waals surface area contributed by atoms with Crippen LogP contribution in [-0.4, -0.2) is 18.6 Å². The molecule has 0 fully saturated rings. The van der Waals surface area contributed by atoms with Crippen LogP contribution in [0.4, 0.5) is 25.0 Å². The lowest BCUT2D eigenvalue weighted by molar-refractivity contribution is 0.102. The van der Waals surface area contributed by atoms with Gasteiger partial charge < -0.3 is 10.1 Å². The lowest BCUT2D eigenvalue weighted by atomic mass is 10.2. The summed E-state index contributed by atoms with van der Waals surface area (Å²) in [6.45, 7) is 1.93. The summed E-state index contributed by atoms with van der Waals surface area (Å²) in [5, 5.41) is 4.82. The maximum atomic E-state index is 13.5. The van der Waals surface area contributed by atoms with Crippen LogP contribution in [0.1, 0.15) is 17.3 Å². The van der Waals surface area contributed by atoms with Crippen molar-refractivity contribution in [2.45, 2.75) is 6.92 Å². The fraction of sp³-hybridized carbons (Fsp3) is 0.125. The molecule has 0 aliphatic rings. The fourth-order valence-corrected chi connectivity index (χ4v) is 1.78. The van der Waals surface area contributed by atoms with Gasteiger partial charge in [-0.1, -0.05) is 0 Å². The third kappa shape index (κ3) is 4.50. The maximum absolute atomic E-state index is 13.5. The summed E-state index contributed by atoms with van der Waals surface area (Å²) in [7, 11) is 0. The van der Waals surface area contributed by atoms with Crippen LogP contribution in [-0.2, 0) is 4.74 Å². The summed E-state index contributed by atoms with van der Waals surface area (Å²) >= 11 is 0. The molecular weight excluding hydrogens is 306 g/mol. The predicted octanol–water partition coefficient (Wildman–Crippen LogP) is 3.79. The van der Waals surface area contributed by atoms with Gasteiger partial charge in [-0.15, -0.1) is 0 Å². The van der Waals surface area contributed by atoms with E-state index in [0.29, 0.717) is 11.8 Å². The molecule has 0 aliphatic heterocycles. The number of anilines is 2. The number of rotatable bonds is 4. The van der Waals surface area contributed by atoms with Gasteiger partial charge in [-0.3, -0.25) is 10.1 Å². The van der Waals surface area contributed by atoms with Crippen LogP contribution in [0.3, 0.4) is 0 Å². The minimum absolute atomic E-state index is 0.120. The first-order valence-electron chi connectivity index (χ1n) is 6.80. The molecule has 2 rings (SSSR count). The highest BCUT2D eigenvalue weighted by Gasteiger charge is 2.10. The highest BCUT2D eigenvalue weighted by atomic mass is 19.1. The Morgan fingerprint density at radius 2 is 1.74 bits per heavy atom. The maximum Gasteiger partial charge on any atom is 0.411 e. The molecule has 0 saturated heterocycles. The van der Waals surface area contributed by atoms with Crippen molar-refractivity contribution in [3.8, 4) is 0 Å². The lowest BCUT2D eigenvalue weighted by Gasteiger charge is -2.08. The number of ether oxygens (including phenoxy) is 1. The van der Waals surface area contributed by atoms with Crippen LogP contribution in [0.5, 0.6) is 0 Å². The zero-order valence-corrected chi connectivity index (χ0v) is 12.2. The Hall–Kier alpha value is -2.96. The van der Waals surface area contributed by atoms with Crippen molar-refractivity contribution in [2.75, 3.05) is 17.2 Å². The lowest BCUT2D eigenvalue weighted by Crippen LogP contribution is -2.15. The van der Waals surface area contributed by atoms with Gasteiger partial charge in [0.15, 0.2) is 0 Å². The summed E-state index contributed by atoms with van der Waals surface area (Å²) in [6.07, 6.45) is -0.599. The Balaban J connectivity index is 2.04. The van der Waals surface area contributed by atoms with Gasteiger partial charge in [0.2, 0.25) is 0 Å². The second-order valence-electron chi connectivity index (χ2n) is 4.50. The van der Waals surface area contributed by atoms with Crippen LogP contribution in [0.25, 0.3) is 0 Å². The van der Waals surface area contributed by atoms with E-state index in [1.54, 1.807) is 6.92 Å². The molecule has 0 aromatic heterocycles. The molecule has 0 saturated carbocycles. The van der Waals surface area contributed by atoms with Crippen LogP contribution in [0, 0.1) is 11.6 Å². The van der Waals surface area contributed by atoms with Gasteiger partial charge in [0.25, 0.3) is 5.91 Å². The van der Waals surface area contributed by atoms with Crippen molar-refractivity contribution in [1.29, 1.82) is 0 Å². The summed E-state index contributed by atoms with van der Waals surface area (Å²) in [5.74, 6) is -2.15. The van der Waals surface area contributed by atoms with Crippen LogP contribution < -0.4 is 10.6 Å². The summed E-state index contributed by atoms with van der Waals surface area (Å²) in [6, 6.07) is 8.79. The predicted molar refractivity (Wildman–Crippen MR) is 81.4 cm³/mol. The third-order valence-electron chi connectivity index (χ3n) is 2.85. The molecule has 2 aromatic rings. The van der Waals surface area contributed by atoms with Crippen molar-refractivity contribution in [3.05, 3.63) is 59.7 Å². The monoisotopic (exact) mass is 320 g/mol. The Morgan fingerprint density at radius 1 is 1.04 bits per heavy atom. The summed E-state index contributed by atoms with van der Waals surface area (Å²) < 4.78 is 31.0. The number of halogens is 2. The molecule has 5 nitrogen and oxygen atoms in total. The number of benzene rings is 2. The van der Waals surface area contributed by atoms with Crippen molar-refractivity contribution >= 4 is 23.4 Å². The molecule has 0 aliphatic carbocycles. The Bertz CT molecular complexity index is 718. The number of carbonyl (C=O) groups excluding carboxylic acids is 2. The Morgan fingerprint density at radius 3 is 2.35 bits per heavy atom. The molecule has 7 heteroatoms. The van der Waals surface area contributed by atoms with Gasteiger partial charge in [0.1, 0.15) is 11.6 Å². The van der Waals surface area contributed by atoms with E-state index in [2.05, 4.69) is 10.6 Å². The van der Waals surface area contributed by atoms with Gasteiger partial charge in [-0.05, 0) is 43.3 Å². The summed E-state index contributed by atoms with van der Waals surface area (Å²) in [4.78, 5) is 23.3. The van der Waals surface area contributed by atoms with Crippen molar-refractivity contribution in [1.82, 2.24) is 0 Å². The zero-order valence-electron chi connectivity index (χ0n) is 12.2. The van der Waals surface area contributed by atoms with E-state index in [1.807, 2.05) is 0 Å². The smallest absolute Gasteiger partial charge is 0.411 e. The molecule has 0 bridgehead atoms. The number of carbonyl (C=O) groups is 2. The van der Waals surface area contributed by atoms with E-state index >= 15 is 0 Å². The molecule has 2 N–H and O–H groups in total. The number of nitrogens with one attached hydrogen (secondary N) is 2. The van der Waals surface area contributed by atoms with Crippen molar-refractivity contribution in [3.63, 3.8) is 0 Å². The molecule has 0 spiro atoms. The van der Waals surface area contributed by atoms with E-state index in [-0.39, 0.29) is 17.9 Å². The number of amides is 2. The second kappa shape index (κ2) is 7.35. The topological polar surface area (TPSA) is 67.4 Å². The average Bonchev–Trinajstić information content (AvgIpc) is 2.51. The first-order valence-corrected chi connectivity index (χ1v) is 6.80. The first kappa shape index (κ1) is 16.4. The largest absolute Gasteiger partial charge is 0.450 e. The van der Waals surface area contributed by atoms with Crippen LogP contribution >= 0.6 is 0 Å². The average molecular weight is 320 g/mol. The van der Waals surface area contributed by atoms with Gasteiger partial charge in [-0.2, -0.15) is 0 Å². The molecule has 0 radical (unpaired) electrons. The minimum Gasteiger partial charge on any atom is -0.450 e. The van der Waals surface area contributed by atoms with E-state index in [0.717, 1.165) is 12.1 Å². The molecule has 0 atom stereocenters. The van der Waals surface area contributed by atoms with Crippen molar-refractivity contribution in [2.24, 2.45) is 0 Å².